The Labute approximate surface area is 126 Å². The summed E-state index contributed by atoms with van der Waals surface area (Å²) >= 11 is 3.17. The maximum atomic E-state index is 11.2. The number of thiophene rings is 1. The molecule has 2 aromatic rings. The van der Waals surface area contributed by atoms with Gasteiger partial charge in [0.25, 0.3) is 0 Å². The minimum atomic E-state index is -0.787. The van der Waals surface area contributed by atoms with E-state index in [0.717, 1.165) is 21.1 Å². The summed E-state index contributed by atoms with van der Waals surface area (Å²) in [6, 6.07) is 0. The first-order valence-electron chi connectivity index (χ1n) is 6.33. The fourth-order valence-corrected chi connectivity index (χ4v) is 4.08. The first-order chi connectivity index (χ1) is 9.22. The monoisotopic (exact) mass is 310 g/mol. The summed E-state index contributed by atoms with van der Waals surface area (Å²) in [7, 11) is 0. The summed E-state index contributed by atoms with van der Waals surface area (Å²) in [5.41, 5.74) is 0.426. The van der Waals surface area contributed by atoms with E-state index in [0.29, 0.717) is 5.75 Å². The van der Waals surface area contributed by atoms with Crippen molar-refractivity contribution in [1.82, 2.24) is 9.97 Å². The molecule has 0 saturated heterocycles. The molecule has 2 heterocycles. The molecule has 2 rings (SSSR count). The summed E-state index contributed by atoms with van der Waals surface area (Å²) in [6.07, 6.45) is 0. The average molecular weight is 310 g/mol. The average Bonchev–Trinajstić information content (AvgIpc) is 2.61. The molecule has 0 aliphatic carbocycles. The number of carboxylic acid groups (broad SMARTS) is 1. The number of carbonyl (C=O) groups is 1. The van der Waals surface area contributed by atoms with Crippen molar-refractivity contribution in [2.24, 2.45) is 5.41 Å². The molecule has 1 N–H and O–H groups in total. The van der Waals surface area contributed by atoms with Gasteiger partial charge in [-0.1, -0.05) is 0 Å². The zero-order valence-corrected chi connectivity index (χ0v) is 13.9. The quantitative estimate of drug-likeness (QED) is 0.687. The number of nitrogens with zero attached hydrogens (tertiary/aromatic N) is 2. The van der Waals surface area contributed by atoms with Crippen LogP contribution in [-0.4, -0.2) is 26.8 Å². The molecule has 0 aromatic carbocycles. The molecule has 0 fully saturated rings. The molecule has 0 spiro atoms. The number of hydrogen-bond donors (Lipinski definition) is 1. The van der Waals surface area contributed by atoms with Crippen molar-refractivity contribution in [3.63, 3.8) is 0 Å². The Balaban J connectivity index is 2.41. The normalized spacial score (nSPS) is 12.1. The molecule has 0 atom stereocenters. The highest BCUT2D eigenvalue weighted by Gasteiger charge is 2.28. The molecule has 0 radical (unpaired) electrons. The van der Waals surface area contributed by atoms with Gasteiger partial charge in [0.1, 0.15) is 15.7 Å². The Morgan fingerprint density at radius 1 is 1.30 bits per heavy atom. The van der Waals surface area contributed by atoms with Gasteiger partial charge in [-0.3, -0.25) is 4.79 Å². The molecule has 0 aliphatic rings. The highest BCUT2D eigenvalue weighted by molar-refractivity contribution is 7.99. The van der Waals surface area contributed by atoms with Gasteiger partial charge in [0.15, 0.2) is 0 Å². The van der Waals surface area contributed by atoms with Gasteiger partial charge in [0.05, 0.1) is 5.41 Å². The Hall–Kier alpha value is -1.14. The lowest BCUT2D eigenvalue weighted by Crippen LogP contribution is -2.26. The zero-order valence-electron chi connectivity index (χ0n) is 12.3. The number of fused-ring (bicyclic) bond motifs is 1. The van der Waals surface area contributed by atoms with Crippen LogP contribution < -0.4 is 0 Å². The summed E-state index contributed by atoms with van der Waals surface area (Å²) in [5.74, 6) is 0.432. The number of hydrogen-bond acceptors (Lipinski definition) is 5. The first-order valence-corrected chi connectivity index (χ1v) is 8.13. The summed E-state index contributed by atoms with van der Waals surface area (Å²) in [5, 5.41) is 11.2. The SMILES string of the molecule is Cc1nc(SCC(C)(C)C(=O)O)c2c(C)c(C)sc2n1. The van der Waals surface area contributed by atoms with Gasteiger partial charge in [0, 0.05) is 16.0 Å². The van der Waals surface area contributed by atoms with Gasteiger partial charge in [-0.2, -0.15) is 0 Å². The smallest absolute Gasteiger partial charge is 0.309 e. The van der Waals surface area contributed by atoms with Gasteiger partial charge in [-0.15, -0.1) is 23.1 Å². The standard InChI is InChI=1S/C14H18N2O2S2/c1-7-8(2)20-12-10(7)11(15-9(3)16-12)19-6-14(4,5)13(17)18/h6H2,1-5H3,(H,17,18). The molecule has 0 amide bonds. The van der Waals surface area contributed by atoms with Crippen LogP contribution in [0.3, 0.4) is 0 Å². The van der Waals surface area contributed by atoms with E-state index < -0.39 is 11.4 Å². The molecular formula is C14H18N2O2S2. The minimum absolute atomic E-state index is 0.488. The second kappa shape index (κ2) is 5.33. The number of thioether (sulfide) groups is 1. The molecule has 2 aromatic heterocycles. The van der Waals surface area contributed by atoms with E-state index in [2.05, 4.69) is 23.8 Å². The van der Waals surface area contributed by atoms with Gasteiger partial charge in [-0.25, -0.2) is 9.97 Å². The van der Waals surface area contributed by atoms with Gasteiger partial charge < -0.3 is 5.11 Å². The van der Waals surface area contributed by atoms with E-state index in [4.69, 9.17) is 0 Å². The van der Waals surface area contributed by atoms with Gasteiger partial charge >= 0.3 is 5.97 Å². The molecule has 0 aliphatic heterocycles. The van der Waals surface area contributed by atoms with Crippen LogP contribution >= 0.6 is 23.1 Å². The minimum Gasteiger partial charge on any atom is -0.481 e. The Bertz CT molecular complexity index is 677. The number of carboxylic acids is 1. The lowest BCUT2D eigenvalue weighted by molar-refractivity contribution is -0.145. The van der Waals surface area contributed by atoms with E-state index >= 15 is 0 Å². The van der Waals surface area contributed by atoms with Crippen LogP contribution in [0.4, 0.5) is 0 Å². The highest BCUT2D eigenvalue weighted by Crippen LogP contribution is 2.37. The molecule has 20 heavy (non-hydrogen) atoms. The zero-order chi connectivity index (χ0) is 15.1. The second-order valence-corrected chi connectivity index (χ2v) is 7.68. The van der Waals surface area contributed by atoms with Crippen LogP contribution in [0.25, 0.3) is 10.2 Å². The number of rotatable bonds is 4. The summed E-state index contributed by atoms with van der Waals surface area (Å²) < 4.78 is 0. The predicted octanol–water partition coefficient (Wildman–Crippen LogP) is 3.82. The molecular weight excluding hydrogens is 292 g/mol. The van der Waals surface area contributed by atoms with Crippen molar-refractivity contribution in [1.29, 1.82) is 0 Å². The van der Waals surface area contributed by atoms with E-state index in [1.54, 1.807) is 25.2 Å². The Morgan fingerprint density at radius 2 is 1.95 bits per heavy atom. The number of aryl methyl sites for hydroxylation is 3. The lowest BCUT2D eigenvalue weighted by Gasteiger charge is -2.18. The van der Waals surface area contributed by atoms with Crippen molar-refractivity contribution in [3.05, 3.63) is 16.3 Å². The van der Waals surface area contributed by atoms with Crippen LogP contribution in [0.5, 0.6) is 0 Å². The van der Waals surface area contributed by atoms with Crippen LogP contribution in [-0.2, 0) is 4.79 Å². The summed E-state index contributed by atoms with van der Waals surface area (Å²) in [4.78, 5) is 22.4. The van der Waals surface area contributed by atoms with Gasteiger partial charge in [0.2, 0.25) is 0 Å². The fraction of sp³-hybridized carbons (Fsp3) is 0.500. The van der Waals surface area contributed by atoms with Crippen molar-refractivity contribution >= 4 is 39.3 Å². The van der Waals surface area contributed by atoms with Crippen molar-refractivity contribution in [3.8, 4) is 0 Å². The molecule has 0 unspecified atom stereocenters. The van der Waals surface area contributed by atoms with Crippen LogP contribution in [0.1, 0.15) is 30.1 Å². The molecule has 6 heteroatoms. The number of aromatic nitrogens is 2. The van der Waals surface area contributed by atoms with Crippen LogP contribution in [0.15, 0.2) is 5.03 Å². The fourth-order valence-electron chi connectivity index (χ4n) is 1.73. The molecule has 0 saturated carbocycles. The van der Waals surface area contributed by atoms with E-state index in [1.165, 1.54) is 22.2 Å². The topological polar surface area (TPSA) is 63.1 Å². The molecule has 108 valence electrons. The second-order valence-electron chi connectivity index (χ2n) is 5.52. The maximum Gasteiger partial charge on any atom is 0.309 e. The molecule has 0 bridgehead atoms. The Morgan fingerprint density at radius 3 is 2.55 bits per heavy atom. The van der Waals surface area contributed by atoms with Crippen molar-refractivity contribution in [2.45, 2.75) is 39.6 Å². The van der Waals surface area contributed by atoms with Gasteiger partial charge in [-0.05, 0) is 40.2 Å². The first kappa shape index (κ1) is 15.3. The third kappa shape index (κ3) is 2.81. The highest BCUT2D eigenvalue weighted by atomic mass is 32.2. The third-order valence-electron chi connectivity index (χ3n) is 3.26. The van der Waals surface area contributed by atoms with E-state index in [9.17, 15) is 9.90 Å². The van der Waals surface area contributed by atoms with E-state index in [1.807, 2.05) is 6.92 Å². The maximum absolute atomic E-state index is 11.2. The Kier molecular flexibility index (Phi) is 4.07. The molecule has 4 nitrogen and oxygen atoms in total. The van der Waals surface area contributed by atoms with E-state index in [-0.39, 0.29) is 0 Å². The van der Waals surface area contributed by atoms with Crippen LogP contribution in [0, 0.1) is 26.2 Å². The largest absolute Gasteiger partial charge is 0.481 e. The van der Waals surface area contributed by atoms with Crippen molar-refractivity contribution < 1.29 is 9.90 Å². The van der Waals surface area contributed by atoms with Crippen LogP contribution in [0.2, 0.25) is 0 Å². The number of aliphatic carboxylic acids is 1. The third-order valence-corrected chi connectivity index (χ3v) is 5.79. The predicted molar refractivity (Wildman–Crippen MR) is 83.8 cm³/mol. The van der Waals surface area contributed by atoms with Crippen molar-refractivity contribution in [2.75, 3.05) is 5.75 Å². The lowest BCUT2D eigenvalue weighted by atomic mass is 9.97. The summed E-state index contributed by atoms with van der Waals surface area (Å²) in [6.45, 7) is 9.49.